The van der Waals surface area contributed by atoms with Crippen LogP contribution < -0.4 is 5.32 Å². The Morgan fingerprint density at radius 1 is 1.06 bits per heavy atom. The van der Waals surface area contributed by atoms with Gasteiger partial charge >= 0.3 is 0 Å². The van der Waals surface area contributed by atoms with Gasteiger partial charge < -0.3 is 10.3 Å². The van der Waals surface area contributed by atoms with E-state index in [9.17, 15) is 4.39 Å². The third-order valence-electron chi connectivity index (χ3n) is 5.71. The lowest BCUT2D eigenvalue weighted by atomic mass is 10.0. The van der Waals surface area contributed by atoms with Crippen molar-refractivity contribution in [2.24, 2.45) is 0 Å². The number of rotatable bonds is 5. The first kappa shape index (κ1) is 19.7. The van der Waals surface area contributed by atoms with E-state index < -0.39 is 0 Å². The maximum Gasteiger partial charge on any atom is 0.147 e. The SMILES string of the molecule is Cc1cccc(-c2cc3ncnc(NCCc4c(C)[nH]c5c(F)ccc(C)c45)c3s2)c1. The Hall–Kier alpha value is -3.25. The molecular weight excluding hydrogens is 407 g/mol. The summed E-state index contributed by atoms with van der Waals surface area (Å²) < 4.78 is 15.3. The lowest BCUT2D eigenvalue weighted by Crippen LogP contribution is -2.07. The zero-order valence-electron chi connectivity index (χ0n) is 17.7. The number of H-pyrrole nitrogens is 1. The van der Waals surface area contributed by atoms with Gasteiger partial charge in [-0.05, 0) is 56.0 Å². The second-order valence-corrected chi connectivity index (χ2v) is 8.99. The van der Waals surface area contributed by atoms with Crippen molar-refractivity contribution in [3.05, 3.63) is 77.0 Å². The third kappa shape index (κ3) is 3.57. The number of nitrogens with one attached hydrogen (secondary N) is 2. The van der Waals surface area contributed by atoms with Crippen molar-refractivity contribution in [2.45, 2.75) is 27.2 Å². The molecule has 5 aromatic rings. The van der Waals surface area contributed by atoms with Crippen molar-refractivity contribution >= 4 is 38.3 Å². The van der Waals surface area contributed by atoms with Gasteiger partial charge in [0.15, 0.2) is 0 Å². The highest BCUT2D eigenvalue weighted by atomic mass is 32.1. The fraction of sp³-hybridized carbons (Fsp3) is 0.200. The Kier molecular flexibility index (Phi) is 4.94. The molecule has 0 atom stereocenters. The number of thiophene rings is 1. The molecule has 0 bridgehead atoms. The van der Waals surface area contributed by atoms with Gasteiger partial charge in [0.25, 0.3) is 0 Å². The minimum Gasteiger partial charge on any atom is -0.368 e. The normalized spacial score (nSPS) is 11.5. The van der Waals surface area contributed by atoms with Crippen LogP contribution in [0.15, 0.2) is 48.8 Å². The number of hydrogen-bond donors (Lipinski definition) is 2. The Morgan fingerprint density at radius 2 is 1.94 bits per heavy atom. The van der Waals surface area contributed by atoms with E-state index in [0.717, 1.165) is 44.7 Å². The highest BCUT2D eigenvalue weighted by Crippen LogP contribution is 2.36. The average Bonchev–Trinajstić information content (AvgIpc) is 3.34. The molecule has 0 amide bonds. The van der Waals surface area contributed by atoms with Crippen LogP contribution in [0, 0.1) is 26.6 Å². The summed E-state index contributed by atoms with van der Waals surface area (Å²) in [7, 11) is 0. The summed E-state index contributed by atoms with van der Waals surface area (Å²) in [6, 6.07) is 14.0. The van der Waals surface area contributed by atoms with Gasteiger partial charge in [-0.2, -0.15) is 0 Å². The molecule has 4 nitrogen and oxygen atoms in total. The van der Waals surface area contributed by atoms with Crippen molar-refractivity contribution in [1.82, 2.24) is 15.0 Å². The van der Waals surface area contributed by atoms with Crippen molar-refractivity contribution in [1.29, 1.82) is 0 Å². The van der Waals surface area contributed by atoms with E-state index in [-0.39, 0.29) is 5.82 Å². The van der Waals surface area contributed by atoms with E-state index >= 15 is 0 Å². The molecule has 0 saturated heterocycles. The first-order chi connectivity index (χ1) is 15.0. The van der Waals surface area contributed by atoms with Crippen molar-refractivity contribution in [3.8, 4) is 10.4 Å². The van der Waals surface area contributed by atoms with Crippen LogP contribution in [0.3, 0.4) is 0 Å². The topological polar surface area (TPSA) is 53.6 Å². The molecule has 0 unspecified atom stereocenters. The number of benzene rings is 2. The van der Waals surface area contributed by atoms with Crippen LogP contribution in [0.5, 0.6) is 0 Å². The summed E-state index contributed by atoms with van der Waals surface area (Å²) in [5.41, 5.74) is 7.22. The summed E-state index contributed by atoms with van der Waals surface area (Å²) in [6.45, 7) is 6.83. The van der Waals surface area contributed by atoms with E-state index in [1.54, 1.807) is 17.7 Å². The van der Waals surface area contributed by atoms with Gasteiger partial charge in [0.2, 0.25) is 0 Å². The minimum absolute atomic E-state index is 0.206. The number of hydrogen-bond acceptors (Lipinski definition) is 4. The molecule has 2 aromatic carbocycles. The average molecular weight is 431 g/mol. The zero-order valence-corrected chi connectivity index (χ0v) is 18.5. The number of halogens is 1. The van der Waals surface area contributed by atoms with E-state index in [4.69, 9.17) is 0 Å². The number of anilines is 1. The zero-order chi connectivity index (χ0) is 21.5. The molecule has 2 N–H and O–H groups in total. The smallest absolute Gasteiger partial charge is 0.147 e. The molecule has 156 valence electrons. The molecule has 0 aliphatic rings. The fourth-order valence-corrected chi connectivity index (χ4v) is 5.26. The quantitative estimate of drug-likeness (QED) is 0.332. The summed E-state index contributed by atoms with van der Waals surface area (Å²) in [5, 5.41) is 4.47. The first-order valence-electron chi connectivity index (χ1n) is 10.3. The molecule has 3 aromatic heterocycles. The van der Waals surface area contributed by atoms with Crippen LogP contribution in [-0.2, 0) is 6.42 Å². The summed E-state index contributed by atoms with van der Waals surface area (Å²) >= 11 is 1.70. The second-order valence-electron chi connectivity index (χ2n) is 7.94. The van der Waals surface area contributed by atoms with Gasteiger partial charge in [0.1, 0.15) is 18.0 Å². The Bertz CT molecular complexity index is 1420. The van der Waals surface area contributed by atoms with E-state index in [0.29, 0.717) is 12.1 Å². The van der Waals surface area contributed by atoms with Gasteiger partial charge in [-0.1, -0.05) is 35.9 Å². The number of nitrogens with zero attached hydrogens (tertiary/aromatic N) is 2. The summed E-state index contributed by atoms with van der Waals surface area (Å²) in [6.07, 6.45) is 2.38. The lowest BCUT2D eigenvalue weighted by molar-refractivity contribution is 0.637. The Balaban J connectivity index is 1.41. The summed E-state index contributed by atoms with van der Waals surface area (Å²) in [4.78, 5) is 13.3. The van der Waals surface area contributed by atoms with Crippen molar-refractivity contribution in [2.75, 3.05) is 11.9 Å². The molecule has 0 saturated carbocycles. The van der Waals surface area contributed by atoms with Crippen LogP contribution >= 0.6 is 11.3 Å². The van der Waals surface area contributed by atoms with E-state index in [2.05, 4.69) is 57.5 Å². The predicted molar refractivity (Wildman–Crippen MR) is 128 cm³/mol. The highest BCUT2D eigenvalue weighted by Gasteiger charge is 2.15. The number of aromatic amines is 1. The molecule has 0 spiro atoms. The fourth-order valence-electron chi connectivity index (χ4n) is 4.18. The molecule has 31 heavy (non-hydrogen) atoms. The lowest BCUT2D eigenvalue weighted by Gasteiger charge is -2.07. The standard InChI is InChI=1S/C25H23FN4S/c1-14-5-4-6-17(11-14)21-12-20-24(31-21)25(29-13-28-20)27-10-9-18-16(3)30-23-19(26)8-7-15(2)22(18)23/h4-8,11-13,30H,9-10H2,1-3H3,(H,27,28,29). The number of aromatic nitrogens is 3. The number of aryl methyl sites for hydroxylation is 3. The van der Waals surface area contributed by atoms with Crippen molar-refractivity contribution in [3.63, 3.8) is 0 Å². The monoisotopic (exact) mass is 430 g/mol. The third-order valence-corrected chi connectivity index (χ3v) is 6.89. The second kappa shape index (κ2) is 7.78. The maximum absolute atomic E-state index is 14.2. The van der Waals surface area contributed by atoms with Gasteiger partial charge in [0.05, 0.1) is 15.7 Å². The predicted octanol–water partition coefficient (Wildman–Crippen LogP) is 6.56. The van der Waals surface area contributed by atoms with E-state index in [1.807, 2.05) is 19.9 Å². The van der Waals surface area contributed by atoms with Gasteiger partial charge in [-0.3, -0.25) is 0 Å². The highest BCUT2D eigenvalue weighted by molar-refractivity contribution is 7.22. The molecule has 5 rings (SSSR count). The molecule has 0 radical (unpaired) electrons. The van der Waals surface area contributed by atoms with Crippen LogP contribution in [0.25, 0.3) is 31.6 Å². The van der Waals surface area contributed by atoms with Gasteiger partial charge in [-0.25, -0.2) is 14.4 Å². The molecule has 0 aliphatic heterocycles. The first-order valence-corrected chi connectivity index (χ1v) is 11.1. The molecule has 3 heterocycles. The minimum atomic E-state index is -0.206. The number of fused-ring (bicyclic) bond motifs is 2. The molecule has 0 fully saturated rings. The van der Waals surface area contributed by atoms with Crippen molar-refractivity contribution < 1.29 is 4.39 Å². The van der Waals surface area contributed by atoms with Gasteiger partial charge in [-0.15, -0.1) is 11.3 Å². The van der Waals surface area contributed by atoms with Gasteiger partial charge in [0, 0.05) is 22.5 Å². The van der Waals surface area contributed by atoms with Crippen LogP contribution in [0.1, 0.15) is 22.4 Å². The molecule has 0 aliphatic carbocycles. The van der Waals surface area contributed by atoms with Crippen LogP contribution in [0.2, 0.25) is 0 Å². The van der Waals surface area contributed by atoms with Crippen LogP contribution in [0.4, 0.5) is 10.2 Å². The molecular formula is C25H23FN4S. The van der Waals surface area contributed by atoms with E-state index in [1.165, 1.54) is 22.1 Å². The Morgan fingerprint density at radius 3 is 2.77 bits per heavy atom. The maximum atomic E-state index is 14.2. The summed E-state index contributed by atoms with van der Waals surface area (Å²) in [5.74, 6) is 0.636. The largest absolute Gasteiger partial charge is 0.368 e. The van der Waals surface area contributed by atoms with Crippen LogP contribution in [-0.4, -0.2) is 21.5 Å². The molecule has 6 heteroatoms. The Labute approximate surface area is 184 Å².